The lowest BCUT2D eigenvalue weighted by atomic mass is 9.87. The van der Waals surface area contributed by atoms with E-state index in [2.05, 4.69) is 38.2 Å². The van der Waals surface area contributed by atoms with E-state index in [9.17, 15) is 13.2 Å². The highest BCUT2D eigenvalue weighted by Crippen LogP contribution is 2.25. The number of hydrogen-bond acceptors (Lipinski definition) is 4. The first kappa shape index (κ1) is 23.3. The van der Waals surface area contributed by atoms with Crippen molar-refractivity contribution in [2.45, 2.75) is 37.5 Å². The molecule has 0 aliphatic rings. The maximum atomic E-state index is 12.3. The van der Waals surface area contributed by atoms with Crippen LogP contribution >= 0.6 is 11.8 Å². The number of sulfonamides is 1. The number of amides is 1. The van der Waals surface area contributed by atoms with Crippen molar-refractivity contribution in [1.82, 2.24) is 5.32 Å². The molecule has 29 heavy (non-hydrogen) atoms. The quantitative estimate of drug-likeness (QED) is 0.478. The van der Waals surface area contributed by atoms with Crippen LogP contribution in [0.3, 0.4) is 0 Å². The lowest BCUT2D eigenvalue weighted by Crippen LogP contribution is -2.40. The predicted octanol–water partition coefficient (Wildman–Crippen LogP) is 4.05. The standard InChI is InChI=1S/C22H30N2O3S2/c1-22(2,3)18-11-13-19(14-12-18)24(29(4,26)27)17-21(25)23-15-8-16-28-20-9-6-5-7-10-20/h5-7,9-14H,8,15-17H2,1-4H3,(H,23,25). The Hall–Kier alpha value is -1.99. The summed E-state index contributed by atoms with van der Waals surface area (Å²) in [5.41, 5.74) is 1.58. The molecular formula is C22H30N2O3S2. The van der Waals surface area contributed by atoms with Crippen LogP contribution in [0.25, 0.3) is 0 Å². The number of carbonyl (C=O) groups excluding carboxylic acids is 1. The third kappa shape index (κ3) is 7.74. The van der Waals surface area contributed by atoms with Crippen LogP contribution in [0.15, 0.2) is 59.5 Å². The highest BCUT2D eigenvalue weighted by molar-refractivity contribution is 7.99. The minimum Gasteiger partial charge on any atom is -0.354 e. The van der Waals surface area contributed by atoms with E-state index < -0.39 is 10.0 Å². The van der Waals surface area contributed by atoms with E-state index >= 15 is 0 Å². The largest absolute Gasteiger partial charge is 0.354 e. The number of nitrogens with zero attached hydrogens (tertiary/aromatic N) is 1. The molecule has 0 aromatic heterocycles. The van der Waals surface area contributed by atoms with E-state index in [0.717, 1.165) is 28.3 Å². The van der Waals surface area contributed by atoms with E-state index in [0.29, 0.717) is 12.2 Å². The average molecular weight is 435 g/mol. The van der Waals surface area contributed by atoms with Crippen LogP contribution in [0.2, 0.25) is 0 Å². The molecule has 5 nitrogen and oxygen atoms in total. The summed E-state index contributed by atoms with van der Waals surface area (Å²) in [6.45, 7) is 6.58. The van der Waals surface area contributed by atoms with Gasteiger partial charge >= 0.3 is 0 Å². The minimum absolute atomic E-state index is 0.0242. The number of hydrogen-bond donors (Lipinski definition) is 1. The zero-order chi connectivity index (χ0) is 21.5. The van der Waals surface area contributed by atoms with Crippen LogP contribution in [0.5, 0.6) is 0 Å². The first-order chi connectivity index (χ1) is 13.6. The molecule has 7 heteroatoms. The van der Waals surface area contributed by atoms with Crippen molar-refractivity contribution in [2.75, 3.05) is 29.4 Å². The highest BCUT2D eigenvalue weighted by Gasteiger charge is 2.21. The molecule has 0 aliphatic carbocycles. The summed E-state index contributed by atoms with van der Waals surface area (Å²) in [4.78, 5) is 13.5. The normalized spacial score (nSPS) is 11.9. The zero-order valence-electron chi connectivity index (χ0n) is 17.5. The molecular weight excluding hydrogens is 404 g/mol. The van der Waals surface area contributed by atoms with Crippen molar-refractivity contribution in [2.24, 2.45) is 0 Å². The Labute approximate surface area is 178 Å². The number of carbonyl (C=O) groups is 1. The van der Waals surface area contributed by atoms with Gasteiger partial charge in [0.05, 0.1) is 11.9 Å². The van der Waals surface area contributed by atoms with Gasteiger partial charge in [0.25, 0.3) is 0 Å². The molecule has 2 rings (SSSR count). The smallest absolute Gasteiger partial charge is 0.240 e. The number of rotatable bonds is 9. The molecule has 0 unspecified atom stereocenters. The second-order valence-corrected chi connectivity index (χ2v) is 11.0. The van der Waals surface area contributed by atoms with E-state index in [1.807, 2.05) is 30.3 Å². The number of thioether (sulfide) groups is 1. The summed E-state index contributed by atoms with van der Waals surface area (Å²) in [7, 11) is -3.56. The molecule has 0 atom stereocenters. The molecule has 2 aromatic rings. The molecule has 1 N–H and O–H groups in total. The molecule has 0 aliphatic heterocycles. The maximum absolute atomic E-state index is 12.3. The minimum atomic E-state index is -3.56. The first-order valence-corrected chi connectivity index (χ1v) is 12.4. The van der Waals surface area contributed by atoms with Gasteiger partial charge in [-0.05, 0) is 47.4 Å². The summed E-state index contributed by atoms with van der Waals surface area (Å²) in [6, 6.07) is 17.4. The van der Waals surface area contributed by atoms with Crippen LogP contribution < -0.4 is 9.62 Å². The van der Waals surface area contributed by atoms with Gasteiger partial charge in [-0.25, -0.2) is 8.42 Å². The van der Waals surface area contributed by atoms with Crippen molar-refractivity contribution in [1.29, 1.82) is 0 Å². The highest BCUT2D eigenvalue weighted by atomic mass is 32.2. The van der Waals surface area contributed by atoms with Gasteiger partial charge < -0.3 is 5.32 Å². The van der Waals surface area contributed by atoms with Crippen LogP contribution in [0.4, 0.5) is 5.69 Å². The van der Waals surface area contributed by atoms with Crippen molar-refractivity contribution in [3.05, 3.63) is 60.2 Å². The van der Waals surface area contributed by atoms with Crippen molar-refractivity contribution in [3.63, 3.8) is 0 Å². The summed E-state index contributed by atoms with van der Waals surface area (Å²) in [5.74, 6) is 0.578. The SMILES string of the molecule is CC(C)(C)c1ccc(N(CC(=O)NCCCSc2ccccc2)S(C)(=O)=O)cc1. The van der Waals surface area contributed by atoms with E-state index in [1.54, 1.807) is 23.9 Å². The molecule has 0 bridgehead atoms. The fraction of sp³-hybridized carbons (Fsp3) is 0.409. The van der Waals surface area contributed by atoms with Gasteiger partial charge in [0, 0.05) is 11.4 Å². The predicted molar refractivity (Wildman–Crippen MR) is 122 cm³/mol. The van der Waals surface area contributed by atoms with E-state index in [-0.39, 0.29) is 17.9 Å². The average Bonchev–Trinajstić information content (AvgIpc) is 2.65. The zero-order valence-corrected chi connectivity index (χ0v) is 19.1. The van der Waals surface area contributed by atoms with Gasteiger partial charge in [-0.1, -0.05) is 51.1 Å². The van der Waals surface area contributed by atoms with Crippen molar-refractivity contribution in [3.8, 4) is 0 Å². The molecule has 0 radical (unpaired) electrons. The molecule has 158 valence electrons. The summed E-state index contributed by atoms with van der Waals surface area (Å²) >= 11 is 1.73. The lowest BCUT2D eigenvalue weighted by molar-refractivity contribution is -0.119. The Morgan fingerprint density at radius 1 is 1.03 bits per heavy atom. The summed E-state index contributed by atoms with van der Waals surface area (Å²) in [6.07, 6.45) is 1.93. The summed E-state index contributed by atoms with van der Waals surface area (Å²) < 4.78 is 25.6. The second kappa shape index (κ2) is 10.2. The van der Waals surface area contributed by atoms with Gasteiger partial charge in [-0.15, -0.1) is 11.8 Å². The Balaban J connectivity index is 1.88. The number of benzene rings is 2. The number of anilines is 1. The van der Waals surface area contributed by atoms with Gasteiger partial charge in [0.15, 0.2) is 0 Å². The summed E-state index contributed by atoms with van der Waals surface area (Å²) in [5, 5.41) is 2.82. The third-order valence-corrected chi connectivity index (χ3v) is 6.60. The fourth-order valence-electron chi connectivity index (χ4n) is 2.72. The molecule has 1 amide bonds. The van der Waals surface area contributed by atoms with E-state index in [1.165, 1.54) is 4.90 Å². The van der Waals surface area contributed by atoms with Crippen LogP contribution in [0.1, 0.15) is 32.8 Å². The Morgan fingerprint density at radius 3 is 2.21 bits per heavy atom. The molecule has 2 aromatic carbocycles. The topological polar surface area (TPSA) is 66.5 Å². The van der Waals surface area contributed by atoms with Gasteiger partial charge in [-0.2, -0.15) is 0 Å². The molecule has 0 fully saturated rings. The molecule has 0 heterocycles. The van der Waals surface area contributed by atoms with Crippen molar-refractivity contribution >= 4 is 33.4 Å². The second-order valence-electron chi connectivity index (χ2n) is 7.93. The van der Waals surface area contributed by atoms with Gasteiger partial charge in [-0.3, -0.25) is 9.10 Å². The monoisotopic (exact) mass is 434 g/mol. The third-order valence-electron chi connectivity index (χ3n) is 4.36. The first-order valence-electron chi connectivity index (χ1n) is 9.60. The van der Waals surface area contributed by atoms with E-state index in [4.69, 9.17) is 0 Å². The van der Waals surface area contributed by atoms with Crippen LogP contribution in [-0.4, -0.2) is 39.4 Å². The maximum Gasteiger partial charge on any atom is 0.240 e. The van der Waals surface area contributed by atoms with Gasteiger partial charge in [0.1, 0.15) is 6.54 Å². The van der Waals surface area contributed by atoms with Gasteiger partial charge in [0.2, 0.25) is 15.9 Å². The molecule has 0 spiro atoms. The molecule has 0 saturated heterocycles. The fourth-order valence-corrected chi connectivity index (χ4v) is 4.45. The lowest BCUT2D eigenvalue weighted by Gasteiger charge is -2.24. The Kier molecular flexibility index (Phi) is 8.16. The van der Waals surface area contributed by atoms with Crippen LogP contribution in [-0.2, 0) is 20.2 Å². The van der Waals surface area contributed by atoms with Crippen LogP contribution in [0, 0.1) is 0 Å². The molecule has 0 saturated carbocycles. The number of nitrogens with one attached hydrogen (secondary N) is 1. The Bertz CT molecular complexity index is 890. The van der Waals surface area contributed by atoms with Crippen molar-refractivity contribution < 1.29 is 13.2 Å². The Morgan fingerprint density at radius 2 is 1.66 bits per heavy atom.